The average molecular weight is 362 g/mol. The Balaban J connectivity index is 1.55. The number of fused-ring (bicyclic) bond motifs is 5. The Labute approximate surface area is 158 Å². The SMILES string of the molecule is CC(=O)O[C@H]1CCC2C3CC[C@H]4CN(C(C)=O)CCC4(C)C3CCC21C. The van der Waals surface area contributed by atoms with Crippen LogP contribution in [0.3, 0.4) is 0 Å². The monoisotopic (exact) mass is 361 g/mol. The van der Waals surface area contributed by atoms with Crippen LogP contribution in [0.1, 0.15) is 72.6 Å². The van der Waals surface area contributed by atoms with Crippen LogP contribution in [0.5, 0.6) is 0 Å². The third-order valence-electron chi connectivity index (χ3n) is 9.09. The van der Waals surface area contributed by atoms with Gasteiger partial charge in [-0.3, -0.25) is 9.59 Å². The fourth-order valence-electron chi connectivity index (χ4n) is 7.59. The van der Waals surface area contributed by atoms with E-state index in [1.54, 1.807) is 13.8 Å². The molecule has 3 aliphatic carbocycles. The molecule has 4 nitrogen and oxygen atoms in total. The molecule has 4 fully saturated rings. The van der Waals surface area contributed by atoms with Crippen molar-refractivity contribution in [2.45, 2.75) is 78.7 Å². The first-order chi connectivity index (χ1) is 12.3. The zero-order chi connectivity index (χ0) is 18.7. The highest BCUT2D eigenvalue weighted by molar-refractivity contribution is 5.73. The Morgan fingerprint density at radius 1 is 0.923 bits per heavy atom. The van der Waals surface area contributed by atoms with E-state index in [9.17, 15) is 9.59 Å². The molecule has 0 aromatic rings. The molecule has 1 heterocycles. The molecule has 4 rings (SSSR count). The van der Waals surface area contributed by atoms with Gasteiger partial charge in [0.1, 0.15) is 6.10 Å². The Hall–Kier alpha value is -1.06. The molecule has 5 unspecified atom stereocenters. The summed E-state index contributed by atoms with van der Waals surface area (Å²) in [7, 11) is 0. The minimum absolute atomic E-state index is 0.119. The maximum Gasteiger partial charge on any atom is 0.302 e. The number of amides is 1. The predicted octanol–water partition coefficient (Wildman–Crippen LogP) is 4.03. The molecule has 26 heavy (non-hydrogen) atoms. The molecule has 4 heteroatoms. The first kappa shape index (κ1) is 18.3. The van der Waals surface area contributed by atoms with Crippen LogP contribution < -0.4 is 0 Å². The number of rotatable bonds is 1. The van der Waals surface area contributed by atoms with Crippen molar-refractivity contribution in [2.75, 3.05) is 13.1 Å². The lowest BCUT2D eigenvalue weighted by molar-refractivity contribution is -0.164. The smallest absolute Gasteiger partial charge is 0.302 e. The normalized spacial score (nSPS) is 47.5. The zero-order valence-electron chi connectivity index (χ0n) is 16.9. The van der Waals surface area contributed by atoms with Gasteiger partial charge in [-0.25, -0.2) is 0 Å². The number of piperidine rings is 1. The Morgan fingerprint density at radius 2 is 1.65 bits per heavy atom. The van der Waals surface area contributed by atoms with Crippen molar-refractivity contribution in [3.05, 3.63) is 0 Å². The zero-order valence-corrected chi connectivity index (χ0v) is 16.9. The fraction of sp³-hybridized carbons (Fsp3) is 0.909. The van der Waals surface area contributed by atoms with Crippen LogP contribution in [0.15, 0.2) is 0 Å². The van der Waals surface area contributed by atoms with Gasteiger partial charge in [0.05, 0.1) is 0 Å². The van der Waals surface area contributed by atoms with Gasteiger partial charge in [-0.15, -0.1) is 0 Å². The summed E-state index contributed by atoms with van der Waals surface area (Å²) >= 11 is 0. The van der Waals surface area contributed by atoms with Crippen LogP contribution in [0, 0.1) is 34.5 Å². The number of likely N-dealkylation sites (tertiary alicyclic amines) is 1. The highest BCUT2D eigenvalue weighted by Crippen LogP contribution is 2.65. The summed E-state index contributed by atoms with van der Waals surface area (Å²) in [4.78, 5) is 25.5. The molecule has 0 aromatic carbocycles. The largest absolute Gasteiger partial charge is 0.462 e. The van der Waals surface area contributed by atoms with Crippen LogP contribution in [0.2, 0.25) is 0 Å². The molecule has 0 bridgehead atoms. The van der Waals surface area contributed by atoms with E-state index in [4.69, 9.17) is 4.74 Å². The second-order valence-electron chi connectivity index (χ2n) is 10.1. The van der Waals surface area contributed by atoms with Gasteiger partial charge in [0.15, 0.2) is 0 Å². The van der Waals surface area contributed by atoms with E-state index in [1.807, 2.05) is 0 Å². The Morgan fingerprint density at radius 3 is 2.35 bits per heavy atom. The molecular weight excluding hydrogens is 326 g/mol. The lowest BCUT2D eigenvalue weighted by Gasteiger charge is -2.61. The van der Waals surface area contributed by atoms with E-state index in [0.717, 1.165) is 37.8 Å². The van der Waals surface area contributed by atoms with Crippen LogP contribution in [-0.4, -0.2) is 36.0 Å². The molecule has 0 spiro atoms. The molecule has 1 aliphatic heterocycles. The van der Waals surface area contributed by atoms with Crippen molar-refractivity contribution >= 4 is 11.9 Å². The van der Waals surface area contributed by atoms with Crippen molar-refractivity contribution < 1.29 is 14.3 Å². The molecule has 0 aromatic heterocycles. The van der Waals surface area contributed by atoms with Gasteiger partial charge in [0.2, 0.25) is 5.91 Å². The summed E-state index contributed by atoms with van der Waals surface area (Å²) in [5.41, 5.74) is 0.561. The number of hydrogen-bond donors (Lipinski definition) is 0. The van der Waals surface area contributed by atoms with Crippen LogP contribution in [-0.2, 0) is 14.3 Å². The van der Waals surface area contributed by atoms with Crippen molar-refractivity contribution in [3.63, 3.8) is 0 Å². The molecule has 3 saturated carbocycles. The lowest BCUT2D eigenvalue weighted by Crippen LogP contribution is -2.58. The van der Waals surface area contributed by atoms with Crippen LogP contribution >= 0.6 is 0 Å². The average Bonchev–Trinajstić information content (AvgIpc) is 2.90. The number of nitrogens with zero attached hydrogens (tertiary/aromatic N) is 1. The van der Waals surface area contributed by atoms with Gasteiger partial charge >= 0.3 is 5.97 Å². The number of esters is 1. The van der Waals surface area contributed by atoms with Gasteiger partial charge in [0, 0.05) is 32.4 Å². The minimum atomic E-state index is -0.119. The lowest BCUT2D eigenvalue weighted by atomic mass is 9.46. The molecule has 0 radical (unpaired) electrons. The number of ether oxygens (including phenoxy) is 1. The standard InChI is InChI=1S/C22H35NO3/c1-14(24)23-12-11-21(3)16(13-23)5-6-17-18-7-8-20(26-15(2)25)22(18,4)10-9-19(17)21/h16-20H,5-13H2,1-4H3/t16-,17?,18?,19?,20-,21?,22?/m0/s1. The number of carbonyl (C=O) groups is 2. The summed E-state index contributed by atoms with van der Waals surface area (Å²) in [6, 6.07) is 0. The molecular formula is C22H35NO3. The van der Waals surface area contributed by atoms with E-state index < -0.39 is 0 Å². The first-order valence-electron chi connectivity index (χ1n) is 10.7. The summed E-state index contributed by atoms with van der Waals surface area (Å²) in [5, 5.41) is 0. The highest BCUT2D eigenvalue weighted by atomic mass is 16.5. The quantitative estimate of drug-likeness (QED) is 0.663. The molecule has 4 aliphatic rings. The van der Waals surface area contributed by atoms with Crippen molar-refractivity contribution in [2.24, 2.45) is 34.5 Å². The second-order valence-corrected chi connectivity index (χ2v) is 10.1. The molecule has 1 saturated heterocycles. The van der Waals surface area contributed by atoms with Gasteiger partial charge in [-0.2, -0.15) is 0 Å². The van der Waals surface area contributed by atoms with Gasteiger partial charge in [-0.1, -0.05) is 13.8 Å². The predicted molar refractivity (Wildman–Crippen MR) is 100 cm³/mol. The molecule has 0 N–H and O–H groups in total. The van der Waals surface area contributed by atoms with Crippen molar-refractivity contribution in [3.8, 4) is 0 Å². The summed E-state index contributed by atoms with van der Waals surface area (Å²) in [5.74, 6) is 3.05. The highest BCUT2D eigenvalue weighted by Gasteiger charge is 2.61. The minimum Gasteiger partial charge on any atom is -0.462 e. The van der Waals surface area contributed by atoms with Gasteiger partial charge < -0.3 is 9.64 Å². The Kier molecular flexibility index (Phi) is 4.39. The van der Waals surface area contributed by atoms with Crippen molar-refractivity contribution in [1.29, 1.82) is 0 Å². The molecule has 1 amide bonds. The van der Waals surface area contributed by atoms with E-state index in [2.05, 4.69) is 18.7 Å². The number of carbonyl (C=O) groups excluding carboxylic acids is 2. The molecule has 146 valence electrons. The van der Waals surface area contributed by atoms with Gasteiger partial charge in [-0.05, 0) is 74.0 Å². The topological polar surface area (TPSA) is 46.6 Å². The summed E-state index contributed by atoms with van der Waals surface area (Å²) in [6.07, 6.45) is 8.55. The number of hydrogen-bond acceptors (Lipinski definition) is 3. The van der Waals surface area contributed by atoms with Crippen LogP contribution in [0.25, 0.3) is 0 Å². The summed E-state index contributed by atoms with van der Waals surface area (Å²) in [6.45, 7) is 10.1. The van der Waals surface area contributed by atoms with E-state index in [1.165, 1.54) is 32.1 Å². The maximum absolute atomic E-state index is 11.9. The molecule has 7 atom stereocenters. The third kappa shape index (κ3) is 2.62. The van der Waals surface area contributed by atoms with E-state index in [-0.39, 0.29) is 23.4 Å². The third-order valence-corrected chi connectivity index (χ3v) is 9.09. The van der Waals surface area contributed by atoms with Gasteiger partial charge in [0.25, 0.3) is 0 Å². The van der Waals surface area contributed by atoms with E-state index >= 15 is 0 Å². The second kappa shape index (κ2) is 6.24. The van der Waals surface area contributed by atoms with Crippen LogP contribution in [0.4, 0.5) is 0 Å². The fourth-order valence-corrected chi connectivity index (χ4v) is 7.59. The first-order valence-corrected chi connectivity index (χ1v) is 10.7. The Bertz CT molecular complexity index is 604. The van der Waals surface area contributed by atoms with Crippen molar-refractivity contribution in [1.82, 2.24) is 4.90 Å². The van der Waals surface area contributed by atoms with E-state index in [0.29, 0.717) is 17.3 Å². The summed E-state index contributed by atoms with van der Waals surface area (Å²) < 4.78 is 5.75. The maximum atomic E-state index is 11.9.